The van der Waals surface area contributed by atoms with Gasteiger partial charge in [0.05, 0.1) is 42.9 Å². The number of nitrogens with one attached hydrogen (secondary N) is 1. The summed E-state index contributed by atoms with van der Waals surface area (Å²) >= 11 is 0. The Morgan fingerprint density at radius 1 is 0.857 bits per heavy atom. The lowest BCUT2D eigenvalue weighted by molar-refractivity contribution is -0.0790. The van der Waals surface area contributed by atoms with E-state index >= 15 is 0 Å². The Bertz CT molecular complexity index is 688. The molecule has 0 aliphatic rings. The molecule has 9 nitrogen and oxygen atoms in total. The molecule has 0 radical (unpaired) electrons. The molecule has 5 atom stereocenters. The minimum Gasteiger partial charge on any atom is -0.395 e. The first-order valence-electron chi connectivity index (χ1n) is 8.98. The highest BCUT2D eigenvalue weighted by atomic mass is 16.4. The van der Waals surface area contributed by atoms with Gasteiger partial charge in [-0.1, -0.05) is 30.3 Å². The second kappa shape index (κ2) is 11.1. The molecule has 0 fully saturated rings. The Hall–Kier alpha value is -1.98. The molecule has 9 heteroatoms. The number of aromatic nitrogens is 2. The van der Waals surface area contributed by atoms with Crippen LogP contribution in [0.4, 0.5) is 0 Å². The van der Waals surface area contributed by atoms with Gasteiger partial charge in [0, 0.05) is 19.2 Å². The summed E-state index contributed by atoms with van der Waals surface area (Å²) in [5.41, 5.74) is 1.48. The van der Waals surface area contributed by atoms with Crippen LogP contribution in [0.5, 0.6) is 0 Å². The monoisotopic (exact) mass is 393 g/mol. The molecular weight excluding hydrogens is 366 g/mol. The van der Waals surface area contributed by atoms with Gasteiger partial charge in [-0.3, -0.25) is 9.97 Å². The number of hydrogen-bond acceptors (Lipinski definition) is 9. The van der Waals surface area contributed by atoms with Gasteiger partial charge in [0.2, 0.25) is 0 Å². The molecular formula is C19H27N3O6. The van der Waals surface area contributed by atoms with E-state index in [1.807, 2.05) is 30.3 Å². The predicted octanol–water partition coefficient (Wildman–Crippen LogP) is -1.72. The summed E-state index contributed by atoms with van der Waals surface area (Å²) in [7, 11) is 0. The minimum absolute atomic E-state index is 0.0270. The van der Waals surface area contributed by atoms with Gasteiger partial charge in [0.25, 0.3) is 0 Å². The Kier molecular flexibility index (Phi) is 8.87. The van der Waals surface area contributed by atoms with Crippen LogP contribution in [0.3, 0.4) is 0 Å². The number of rotatable bonds is 11. The second-order valence-corrected chi connectivity index (χ2v) is 6.54. The zero-order chi connectivity index (χ0) is 20.5. The molecule has 0 saturated heterocycles. The van der Waals surface area contributed by atoms with Crippen LogP contribution in [0.2, 0.25) is 0 Å². The van der Waals surface area contributed by atoms with E-state index in [0.717, 1.165) is 5.56 Å². The first kappa shape index (κ1) is 22.3. The molecule has 2 aromatic rings. The van der Waals surface area contributed by atoms with Gasteiger partial charge < -0.3 is 36.0 Å². The number of hydrogen-bond donors (Lipinski definition) is 7. The van der Waals surface area contributed by atoms with E-state index in [1.165, 1.54) is 12.4 Å². The van der Waals surface area contributed by atoms with Crippen LogP contribution in [0.15, 0.2) is 42.7 Å². The Morgan fingerprint density at radius 3 is 2.14 bits per heavy atom. The van der Waals surface area contributed by atoms with E-state index in [-0.39, 0.29) is 18.7 Å². The molecule has 0 bridgehead atoms. The van der Waals surface area contributed by atoms with Gasteiger partial charge in [-0.05, 0) is 5.56 Å². The lowest BCUT2D eigenvalue weighted by Crippen LogP contribution is -2.43. The highest BCUT2D eigenvalue weighted by molar-refractivity contribution is 5.14. The number of aliphatic hydroxyl groups excluding tert-OH is 6. The summed E-state index contributed by atoms with van der Waals surface area (Å²) < 4.78 is 0. The van der Waals surface area contributed by atoms with E-state index in [1.54, 1.807) is 0 Å². The van der Waals surface area contributed by atoms with Crippen LogP contribution in [0.25, 0.3) is 0 Å². The van der Waals surface area contributed by atoms with Crippen molar-refractivity contribution >= 4 is 0 Å². The number of nitrogens with zero attached hydrogens (tertiary/aromatic N) is 2. The molecule has 2 rings (SSSR count). The van der Waals surface area contributed by atoms with E-state index in [2.05, 4.69) is 15.3 Å². The SMILES string of the molecule is OC[C@@H](O)[C@@H](O)[C@H](O)c1cnc(C[C@@H](O)[C@@H](CO)NCc2ccccc2)cn1. The fraction of sp³-hybridized carbons (Fsp3) is 0.474. The molecule has 7 N–H and O–H groups in total. The topological polar surface area (TPSA) is 159 Å². The highest BCUT2D eigenvalue weighted by Gasteiger charge is 2.27. The van der Waals surface area contributed by atoms with Crippen molar-refractivity contribution < 1.29 is 30.6 Å². The molecule has 1 aromatic heterocycles. The quantitative estimate of drug-likeness (QED) is 0.236. The summed E-state index contributed by atoms with van der Waals surface area (Å²) in [6, 6.07) is 9.03. The smallest absolute Gasteiger partial charge is 0.126 e. The van der Waals surface area contributed by atoms with Gasteiger partial charge in [0.1, 0.15) is 18.3 Å². The third-order valence-corrected chi connectivity index (χ3v) is 4.42. The Morgan fingerprint density at radius 2 is 1.57 bits per heavy atom. The third-order valence-electron chi connectivity index (χ3n) is 4.42. The summed E-state index contributed by atoms with van der Waals surface area (Å²) in [5.74, 6) is 0. The molecule has 0 saturated carbocycles. The lowest BCUT2D eigenvalue weighted by atomic mass is 10.0. The fourth-order valence-corrected chi connectivity index (χ4v) is 2.64. The predicted molar refractivity (Wildman–Crippen MR) is 100.0 cm³/mol. The standard InChI is InChI=1S/C19H27N3O6/c23-10-15(21-7-12-4-2-1-3-5-12)16(25)6-13-8-22-14(9-20-13)18(27)19(28)17(26)11-24/h1-5,8-9,15-19,21,23-28H,6-7,10-11H2/t15-,16-,17-,18-,19-/m1/s1. The summed E-state index contributed by atoms with van der Waals surface area (Å²) in [4.78, 5) is 8.08. The van der Waals surface area contributed by atoms with Crippen molar-refractivity contribution in [2.45, 2.75) is 43.4 Å². The largest absolute Gasteiger partial charge is 0.395 e. The van der Waals surface area contributed by atoms with Crippen LogP contribution < -0.4 is 5.32 Å². The molecule has 0 spiro atoms. The van der Waals surface area contributed by atoms with Crippen LogP contribution >= 0.6 is 0 Å². The van der Waals surface area contributed by atoms with Crippen molar-refractivity contribution in [2.75, 3.05) is 13.2 Å². The minimum atomic E-state index is -1.60. The van der Waals surface area contributed by atoms with E-state index in [4.69, 9.17) is 5.11 Å². The van der Waals surface area contributed by atoms with Crippen LogP contribution in [-0.2, 0) is 13.0 Å². The van der Waals surface area contributed by atoms with Crippen molar-refractivity contribution in [2.24, 2.45) is 0 Å². The molecule has 1 aromatic carbocycles. The molecule has 0 amide bonds. The van der Waals surface area contributed by atoms with Crippen LogP contribution in [0.1, 0.15) is 23.1 Å². The zero-order valence-corrected chi connectivity index (χ0v) is 15.3. The second-order valence-electron chi connectivity index (χ2n) is 6.54. The number of benzene rings is 1. The fourth-order valence-electron chi connectivity index (χ4n) is 2.64. The first-order valence-corrected chi connectivity index (χ1v) is 8.98. The Labute approximate surface area is 163 Å². The maximum Gasteiger partial charge on any atom is 0.126 e. The maximum atomic E-state index is 10.4. The first-order chi connectivity index (χ1) is 13.5. The van der Waals surface area contributed by atoms with Gasteiger partial charge >= 0.3 is 0 Å². The van der Waals surface area contributed by atoms with Crippen molar-refractivity contribution in [1.29, 1.82) is 0 Å². The maximum absolute atomic E-state index is 10.4. The van der Waals surface area contributed by atoms with Crippen molar-refractivity contribution in [3.63, 3.8) is 0 Å². The molecule has 0 unspecified atom stereocenters. The van der Waals surface area contributed by atoms with Gasteiger partial charge in [0.15, 0.2) is 0 Å². The van der Waals surface area contributed by atoms with Gasteiger partial charge in [-0.15, -0.1) is 0 Å². The molecule has 1 heterocycles. The van der Waals surface area contributed by atoms with E-state index < -0.39 is 37.1 Å². The van der Waals surface area contributed by atoms with Crippen molar-refractivity contribution in [3.05, 3.63) is 59.7 Å². The highest BCUT2D eigenvalue weighted by Crippen LogP contribution is 2.16. The summed E-state index contributed by atoms with van der Waals surface area (Å²) in [6.07, 6.45) is -2.84. The van der Waals surface area contributed by atoms with Gasteiger partial charge in [-0.2, -0.15) is 0 Å². The van der Waals surface area contributed by atoms with Crippen molar-refractivity contribution in [3.8, 4) is 0 Å². The average Bonchev–Trinajstić information content (AvgIpc) is 2.73. The molecule has 0 aliphatic heterocycles. The molecule has 154 valence electrons. The van der Waals surface area contributed by atoms with E-state index in [0.29, 0.717) is 12.2 Å². The Balaban J connectivity index is 1.92. The van der Waals surface area contributed by atoms with Crippen LogP contribution in [-0.4, -0.2) is 78.2 Å². The lowest BCUT2D eigenvalue weighted by Gasteiger charge is -2.23. The van der Waals surface area contributed by atoms with Crippen molar-refractivity contribution in [1.82, 2.24) is 15.3 Å². The summed E-state index contributed by atoms with van der Waals surface area (Å²) in [6.45, 7) is -0.469. The third kappa shape index (κ3) is 6.28. The molecule has 0 aliphatic carbocycles. The summed E-state index contributed by atoms with van der Waals surface area (Å²) in [5, 5.41) is 60.9. The molecule has 28 heavy (non-hydrogen) atoms. The normalized spacial score (nSPS) is 16.9. The van der Waals surface area contributed by atoms with Crippen LogP contribution in [0, 0.1) is 0 Å². The van der Waals surface area contributed by atoms with E-state index in [9.17, 15) is 25.5 Å². The average molecular weight is 393 g/mol. The zero-order valence-electron chi connectivity index (χ0n) is 15.3. The number of aliphatic hydroxyl groups is 6. The van der Waals surface area contributed by atoms with Gasteiger partial charge in [-0.25, -0.2) is 0 Å².